The number of benzene rings is 1. The van der Waals surface area contributed by atoms with Gasteiger partial charge in [-0.1, -0.05) is 26.0 Å². The highest BCUT2D eigenvalue weighted by Gasteiger charge is 2.08. The molecule has 0 bridgehead atoms. The Bertz CT molecular complexity index is 562. The molecule has 0 unspecified atom stereocenters. The Kier molecular flexibility index (Phi) is 4.93. The van der Waals surface area contributed by atoms with Crippen molar-refractivity contribution in [1.29, 1.82) is 0 Å². The smallest absolute Gasteiger partial charge is 0.246 e. The van der Waals surface area contributed by atoms with Crippen molar-refractivity contribution < 1.29 is 9.21 Å². The van der Waals surface area contributed by atoms with Crippen molar-refractivity contribution in [1.82, 2.24) is 9.88 Å². The molecule has 106 valence electrons. The molecule has 0 fully saturated rings. The van der Waals surface area contributed by atoms with E-state index in [1.54, 1.807) is 6.08 Å². The lowest BCUT2D eigenvalue weighted by Gasteiger charge is -2.19. The number of amides is 1. The Labute approximate surface area is 119 Å². The number of hydrogen-bond donors (Lipinski definition) is 0. The lowest BCUT2D eigenvalue weighted by atomic mass is 10.3. The molecule has 0 atom stereocenters. The van der Waals surface area contributed by atoms with Gasteiger partial charge in [-0.2, -0.15) is 0 Å². The van der Waals surface area contributed by atoms with Crippen LogP contribution in [0.15, 0.2) is 34.8 Å². The summed E-state index contributed by atoms with van der Waals surface area (Å²) in [5.41, 5.74) is 1.54. The van der Waals surface area contributed by atoms with E-state index in [-0.39, 0.29) is 5.91 Å². The van der Waals surface area contributed by atoms with Gasteiger partial charge in [-0.3, -0.25) is 4.79 Å². The number of rotatable bonds is 6. The van der Waals surface area contributed by atoms with Crippen molar-refractivity contribution in [3.8, 4) is 0 Å². The Morgan fingerprint density at radius 1 is 1.25 bits per heavy atom. The van der Waals surface area contributed by atoms with Crippen LogP contribution in [0.25, 0.3) is 17.2 Å². The Morgan fingerprint density at radius 2 is 1.95 bits per heavy atom. The monoisotopic (exact) mass is 272 g/mol. The summed E-state index contributed by atoms with van der Waals surface area (Å²) in [5.74, 6) is 0.475. The van der Waals surface area contributed by atoms with Crippen LogP contribution in [0.2, 0.25) is 0 Å². The molecular formula is C16H20N2O2. The highest BCUT2D eigenvalue weighted by atomic mass is 16.3. The van der Waals surface area contributed by atoms with Crippen molar-refractivity contribution in [2.45, 2.75) is 26.7 Å². The van der Waals surface area contributed by atoms with E-state index < -0.39 is 0 Å². The fourth-order valence-corrected chi connectivity index (χ4v) is 2.08. The van der Waals surface area contributed by atoms with E-state index in [2.05, 4.69) is 18.8 Å². The predicted molar refractivity (Wildman–Crippen MR) is 80.2 cm³/mol. The highest BCUT2D eigenvalue weighted by molar-refractivity contribution is 5.91. The minimum atomic E-state index is 0.0101. The number of carbonyl (C=O) groups excluding carboxylic acids is 1. The van der Waals surface area contributed by atoms with Crippen LogP contribution in [0.1, 0.15) is 32.6 Å². The SMILES string of the molecule is CCCN(CCC)C(=O)/C=C/c1nc2ccccc2o1. The molecule has 4 heteroatoms. The van der Waals surface area contributed by atoms with Crippen LogP contribution < -0.4 is 0 Å². The van der Waals surface area contributed by atoms with E-state index in [0.717, 1.165) is 37.0 Å². The van der Waals surface area contributed by atoms with Crippen LogP contribution in [0.3, 0.4) is 0 Å². The second-order valence-corrected chi connectivity index (χ2v) is 4.68. The predicted octanol–water partition coefficient (Wildman–Crippen LogP) is 3.49. The zero-order valence-electron chi connectivity index (χ0n) is 12.0. The van der Waals surface area contributed by atoms with Crippen LogP contribution in [-0.4, -0.2) is 28.9 Å². The van der Waals surface area contributed by atoms with Gasteiger partial charge in [-0.15, -0.1) is 0 Å². The Hall–Kier alpha value is -2.10. The lowest BCUT2D eigenvalue weighted by Crippen LogP contribution is -2.30. The summed E-state index contributed by atoms with van der Waals surface area (Å²) in [7, 11) is 0. The summed E-state index contributed by atoms with van der Waals surface area (Å²) in [6.45, 7) is 5.70. The number of nitrogens with zero attached hydrogens (tertiary/aromatic N) is 2. The van der Waals surface area contributed by atoms with Crippen LogP contribution in [0.5, 0.6) is 0 Å². The second kappa shape index (κ2) is 6.89. The van der Waals surface area contributed by atoms with E-state index in [1.165, 1.54) is 6.08 Å². The molecule has 0 spiro atoms. The van der Waals surface area contributed by atoms with E-state index >= 15 is 0 Å². The molecule has 1 aromatic carbocycles. The van der Waals surface area contributed by atoms with E-state index in [1.807, 2.05) is 29.2 Å². The van der Waals surface area contributed by atoms with Gasteiger partial charge >= 0.3 is 0 Å². The van der Waals surface area contributed by atoms with Gasteiger partial charge in [0, 0.05) is 25.2 Å². The summed E-state index contributed by atoms with van der Waals surface area (Å²) in [6, 6.07) is 7.56. The minimum absolute atomic E-state index is 0.0101. The number of fused-ring (bicyclic) bond motifs is 1. The van der Waals surface area contributed by atoms with Crippen molar-refractivity contribution in [3.63, 3.8) is 0 Å². The first-order valence-corrected chi connectivity index (χ1v) is 7.07. The molecule has 2 rings (SSSR count). The summed E-state index contributed by atoms with van der Waals surface area (Å²) < 4.78 is 5.55. The summed E-state index contributed by atoms with van der Waals surface area (Å²) in [6.07, 6.45) is 5.10. The molecule has 0 saturated carbocycles. The van der Waals surface area contributed by atoms with E-state index in [0.29, 0.717) is 5.89 Å². The fraction of sp³-hybridized carbons (Fsp3) is 0.375. The maximum Gasteiger partial charge on any atom is 0.246 e. The molecule has 2 aromatic rings. The van der Waals surface area contributed by atoms with Crippen molar-refractivity contribution in [2.24, 2.45) is 0 Å². The normalized spacial score (nSPS) is 11.3. The third-order valence-corrected chi connectivity index (χ3v) is 2.98. The summed E-state index contributed by atoms with van der Waals surface area (Å²) in [5, 5.41) is 0. The third-order valence-electron chi connectivity index (χ3n) is 2.98. The molecule has 0 aliphatic rings. The van der Waals surface area contributed by atoms with Gasteiger partial charge in [0.05, 0.1) is 0 Å². The zero-order chi connectivity index (χ0) is 14.4. The van der Waals surface area contributed by atoms with Gasteiger partial charge in [0.25, 0.3) is 0 Å². The lowest BCUT2D eigenvalue weighted by molar-refractivity contribution is -0.126. The number of para-hydroxylation sites is 2. The van der Waals surface area contributed by atoms with Crippen molar-refractivity contribution in [3.05, 3.63) is 36.2 Å². The Balaban J connectivity index is 2.08. The van der Waals surface area contributed by atoms with Gasteiger partial charge in [0.2, 0.25) is 11.8 Å². The summed E-state index contributed by atoms with van der Waals surface area (Å²) in [4.78, 5) is 18.2. The van der Waals surface area contributed by atoms with Gasteiger partial charge in [-0.05, 0) is 25.0 Å². The standard InChI is InChI=1S/C16H20N2O2/c1-3-11-18(12-4-2)16(19)10-9-15-17-13-7-5-6-8-14(13)20-15/h5-10H,3-4,11-12H2,1-2H3/b10-9+. The number of hydrogen-bond acceptors (Lipinski definition) is 3. The van der Waals surface area contributed by atoms with E-state index in [9.17, 15) is 4.79 Å². The van der Waals surface area contributed by atoms with Gasteiger partial charge in [0.1, 0.15) is 5.52 Å². The van der Waals surface area contributed by atoms with Crippen molar-refractivity contribution >= 4 is 23.1 Å². The molecule has 0 radical (unpaired) electrons. The number of oxazole rings is 1. The maximum atomic E-state index is 12.1. The molecule has 1 aromatic heterocycles. The van der Waals surface area contributed by atoms with Crippen molar-refractivity contribution in [2.75, 3.05) is 13.1 Å². The fourth-order valence-electron chi connectivity index (χ4n) is 2.08. The topological polar surface area (TPSA) is 46.3 Å². The first-order chi connectivity index (χ1) is 9.74. The molecular weight excluding hydrogens is 252 g/mol. The molecule has 0 saturated heterocycles. The van der Waals surface area contributed by atoms with Gasteiger partial charge in [-0.25, -0.2) is 4.98 Å². The maximum absolute atomic E-state index is 12.1. The average molecular weight is 272 g/mol. The van der Waals surface area contributed by atoms with Gasteiger partial charge in [0.15, 0.2) is 5.58 Å². The average Bonchev–Trinajstić information content (AvgIpc) is 2.87. The molecule has 1 heterocycles. The van der Waals surface area contributed by atoms with Crippen LogP contribution in [0, 0.1) is 0 Å². The Morgan fingerprint density at radius 3 is 2.60 bits per heavy atom. The molecule has 1 amide bonds. The van der Waals surface area contributed by atoms with E-state index in [4.69, 9.17) is 4.42 Å². The molecule has 20 heavy (non-hydrogen) atoms. The number of aromatic nitrogens is 1. The molecule has 0 N–H and O–H groups in total. The molecule has 0 aliphatic heterocycles. The molecule has 4 nitrogen and oxygen atoms in total. The number of carbonyl (C=O) groups is 1. The van der Waals surface area contributed by atoms with Crippen LogP contribution >= 0.6 is 0 Å². The highest BCUT2D eigenvalue weighted by Crippen LogP contribution is 2.15. The zero-order valence-corrected chi connectivity index (χ0v) is 12.0. The molecule has 0 aliphatic carbocycles. The van der Waals surface area contributed by atoms with Crippen LogP contribution in [-0.2, 0) is 4.79 Å². The summed E-state index contributed by atoms with van der Waals surface area (Å²) >= 11 is 0. The van der Waals surface area contributed by atoms with Crippen LogP contribution in [0.4, 0.5) is 0 Å². The quantitative estimate of drug-likeness (QED) is 0.756. The second-order valence-electron chi connectivity index (χ2n) is 4.68. The minimum Gasteiger partial charge on any atom is -0.437 e. The van der Waals surface area contributed by atoms with Gasteiger partial charge < -0.3 is 9.32 Å². The first kappa shape index (κ1) is 14.3. The first-order valence-electron chi connectivity index (χ1n) is 7.07. The third kappa shape index (κ3) is 3.47. The largest absolute Gasteiger partial charge is 0.437 e.